The first kappa shape index (κ1) is 21.4. The fourth-order valence-electron chi connectivity index (χ4n) is 4.57. The quantitative estimate of drug-likeness (QED) is 0.811. The lowest BCUT2D eigenvalue weighted by Gasteiger charge is -2.44. The van der Waals surface area contributed by atoms with Gasteiger partial charge in [0.1, 0.15) is 5.75 Å². The van der Waals surface area contributed by atoms with E-state index in [1.807, 2.05) is 6.07 Å². The van der Waals surface area contributed by atoms with E-state index in [1.54, 1.807) is 6.07 Å². The van der Waals surface area contributed by atoms with Gasteiger partial charge in [0.2, 0.25) is 0 Å². The van der Waals surface area contributed by atoms with Gasteiger partial charge in [-0.05, 0) is 44.5 Å². The Labute approximate surface area is 165 Å². The van der Waals surface area contributed by atoms with E-state index in [1.165, 1.54) is 12.1 Å². The standard InChI is InChI=1S/C21H31F3N2O2/c1-16-14-26(12-11-25(16)2)15-19(20(27)9-4-3-5-10-20)17-7-6-8-18(13-17)28-21(22,23)24/h6-8,13,16,19,27H,3-5,9-12,14-15H2,1-2H3. The second-order valence-corrected chi connectivity index (χ2v) is 8.43. The maximum absolute atomic E-state index is 12.7. The Kier molecular flexibility index (Phi) is 6.57. The number of nitrogens with zero attached hydrogens (tertiary/aromatic N) is 2. The van der Waals surface area contributed by atoms with Crippen molar-refractivity contribution < 1.29 is 23.0 Å². The summed E-state index contributed by atoms with van der Waals surface area (Å²) < 4.78 is 42.1. The van der Waals surface area contributed by atoms with Gasteiger partial charge >= 0.3 is 6.36 Å². The van der Waals surface area contributed by atoms with Gasteiger partial charge in [-0.3, -0.25) is 4.90 Å². The summed E-state index contributed by atoms with van der Waals surface area (Å²) >= 11 is 0. The Bertz CT molecular complexity index is 647. The van der Waals surface area contributed by atoms with E-state index >= 15 is 0 Å². The highest BCUT2D eigenvalue weighted by molar-refractivity contribution is 5.33. The molecule has 158 valence electrons. The molecule has 1 heterocycles. The molecule has 28 heavy (non-hydrogen) atoms. The molecule has 2 fully saturated rings. The van der Waals surface area contributed by atoms with E-state index < -0.39 is 12.0 Å². The zero-order valence-corrected chi connectivity index (χ0v) is 16.7. The summed E-state index contributed by atoms with van der Waals surface area (Å²) in [4.78, 5) is 4.64. The summed E-state index contributed by atoms with van der Waals surface area (Å²) in [5, 5.41) is 11.5. The minimum atomic E-state index is -4.72. The number of hydrogen-bond donors (Lipinski definition) is 1. The highest BCUT2D eigenvalue weighted by atomic mass is 19.4. The van der Waals surface area contributed by atoms with E-state index in [0.29, 0.717) is 25.4 Å². The number of hydrogen-bond acceptors (Lipinski definition) is 4. The molecule has 1 aromatic rings. The zero-order chi connectivity index (χ0) is 20.4. The number of benzene rings is 1. The van der Waals surface area contributed by atoms with Crippen molar-refractivity contribution in [2.45, 2.75) is 63.0 Å². The van der Waals surface area contributed by atoms with E-state index in [9.17, 15) is 18.3 Å². The Hall–Kier alpha value is -1.31. The van der Waals surface area contributed by atoms with Gasteiger partial charge in [-0.15, -0.1) is 13.2 Å². The molecule has 1 saturated heterocycles. The summed E-state index contributed by atoms with van der Waals surface area (Å²) in [7, 11) is 2.10. The maximum Gasteiger partial charge on any atom is 0.573 e. The first-order chi connectivity index (χ1) is 13.2. The van der Waals surface area contributed by atoms with Crippen LogP contribution < -0.4 is 4.74 Å². The molecule has 1 N–H and O–H groups in total. The van der Waals surface area contributed by atoms with Crippen molar-refractivity contribution in [2.24, 2.45) is 0 Å². The molecule has 7 heteroatoms. The summed E-state index contributed by atoms with van der Waals surface area (Å²) in [6.07, 6.45) is -0.354. The molecule has 1 aliphatic heterocycles. The molecule has 0 spiro atoms. The molecule has 2 unspecified atom stereocenters. The van der Waals surface area contributed by atoms with Crippen molar-refractivity contribution in [3.63, 3.8) is 0 Å². The first-order valence-electron chi connectivity index (χ1n) is 10.2. The van der Waals surface area contributed by atoms with Crippen molar-refractivity contribution in [2.75, 3.05) is 33.2 Å². The third-order valence-corrected chi connectivity index (χ3v) is 6.35. The summed E-state index contributed by atoms with van der Waals surface area (Å²) in [5.74, 6) is -0.457. The molecule has 0 bridgehead atoms. The summed E-state index contributed by atoms with van der Waals surface area (Å²) in [6.45, 7) is 5.55. The molecule has 4 nitrogen and oxygen atoms in total. The molecule has 0 aromatic heterocycles. The number of piperazine rings is 1. The molecule has 1 aliphatic carbocycles. The van der Waals surface area contributed by atoms with Crippen LogP contribution in [0.4, 0.5) is 13.2 Å². The predicted molar refractivity (Wildman–Crippen MR) is 102 cm³/mol. The van der Waals surface area contributed by atoms with Crippen LogP contribution in [0, 0.1) is 0 Å². The van der Waals surface area contributed by atoms with Gasteiger partial charge in [0.15, 0.2) is 0 Å². The Morgan fingerprint density at radius 2 is 1.93 bits per heavy atom. The number of likely N-dealkylation sites (N-methyl/N-ethyl adjacent to an activating group) is 1. The van der Waals surface area contributed by atoms with Crippen molar-refractivity contribution in [1.82, 2.24) is 9.80 Å². The first-order valence-corrected chi connectivity index (χ1v) is 10.2. The van der Waals surface area contributed by atoms with Gasteiger partial charge < -0.3 is 14.7 Å². The van der Waals surface area contributed by atoms with Crippen LogP contribution in [0.15, 0.2) is 24.3 Å². The molecule has 2 atom stereocenters. The van der Waals surface area contributed by atoms with Crippen molar-refractivity contribution >= 4 is 0 Å². The van der Waals surface area contributed by atoms with Crippen LogP contribution in [-0.2, 0) is 0 Å². The molecule has 1 saturated carbocycles. The van der Waals surface area contributed by atoms with Crippen molar-refractivity contribution in [1.29, 1.82) is 0 Å². The van der Waals surface area contributed by atoms with Crippen molar-refractivity contribution in [3.05, 3.63) is 29.8 Å². The van der Waals surface area contributed by atoms with Crippen LogP contribution in [0.3, 0.4) is 0 Å². The average Bonchev–Trinajstić information content (AvgIpc) is 2.62. The minimum Gasteiger partial charge on any atom is -0.406 e. The number of halogens is 3. The lowest BCUT2D eigenvalue weighted by molar-refractivity contribution is -0.274. The zero-order valence-electron chi connectivity index (χ0n) is 16.7. The van der Waals surface area contributed by atoms with E-state index in [2.05, 4.69) is 28.5 Å². The van der Waals surface area contributed by atoms with Gasteiger partial charge in [0.25, 0.3) is 0 Å². The fraction of sp³-hybridized carbons (Fsp3) is 0.714. The fourth-order valence-corrected chi connectivity index (χ4v) is 4.57. The van der Waals surface area contributed by atoms with E-state index in [-0.39, 0.29) is 11.7 Å². The highest BCUT2D eigenvalue weighted by Crippen LogP contribution is 2.41. The molecule has 2 aliphatic rings. The molecular formula is C21H31F3N2O2. The van der Waals surface area contributed by atoms with E-state index in [0.717, 1.165) is 44.5 Å². The lowest BCUT2D eigenvalue weighted by Crippen LogP contribution is -2.53. The third kappa shape index (κ3) is 5.39. The van der Waals surface area contributed by atoms with Crippen LogP contribution in [0.1, 0.15) is 50.5 Å². The summed E-state index contributed by atoms with van der Waals surface area (Å²) in [5.41, 5.74) is -0.167. The smallest absolute Gasteiger partial charge is 0.406 e. The molecular weight excluding hydrogens is 369 g/mol. The normalized spacial score (nSPS) is 25.4. The predicted octanol–water partition coefficient (Wildman–Crippen LogP) is 4.00. The van der Waals surface area contributed by atoms with Crippen LogP contribution in [0.5, 0.6) is 5.75 Å². The number of ether oxygens (including phenoxy) is 1. The second-order valence-electron chi connectivity index (χ2n) is 8.43. The average molecular weight is 400 g/mol. The largest absolute Gasteiger partial charge is 0.573 e. The summed E-state index contributed by atoms with van der Waals surface area (Å²) in [6, 6.07) is 6.58. The molecule has 3 rings (SSSR count). The number of alkyl halides is 3. The SMILES string of the molecule is CC1CN(CC(c2cccc(OC(F)(F)F)c2)C2(O)CCCCC2)CCN1C. The second kappa shape index (κ2) is 8.59. The van der Waals surface area contributed by atoms with Crippen LogP contribution in [-0.4, -0.2) is 66.1 Å². The topological polar surface area (TPSA) is 35.9 Å². The number of rotatable bonds is 5. The van der Waals surface area contributed by atoms with Gasteiger partial charge in [0.05, 0.1) is 5.60 Å². The Balaban J connectivity index is 1.85. The molecule has 0 radical (unpaired) electrons. The van der Waals surface area contributed by atoms with Crippen LogP contribution in [0.2, 0.25) is 0 Å². The Morgan fingerprint density at radius 3 is 2.57 bits per heavy atom. The lowest BCUT2D eigenvalue weighted by atomic mass is 9.72. The van der Waals surface area contributed by atoms with Gasteiger partial charge in [0, 0.05) is 38.1 Å². The van der Waals surface area contributed by atoms with Gasteiger partial charge in [-0.25, -0.2) is 0 Å². The van der Waals surface area contributed by atoms with Crippen molar-refractivity contribution in [3.8, 4) is 5.75 Å². The Morgan fingerprint density at radius 1 is 1.21 bits per heavy atom. The minimum absolute atomic E-state index is 0.221. The van der Waals surface area contributed by atoms with Crippen LogP contribution in [0.25, 0.3) is 0 Å². The molecule has 1 aromatic carbocycles. The monoisotopic (exact) mass is 400 g/mol. The van der Waals surface area contributed by atoms with Crippen LogP contribution >= 0.6 is 0 Å². The number of aliphatic hydroxyl groups is 1. The van der Waals surface area contributed by atoms with E-state index in [4.69, 9.17) is 0 Å². The third-order valence-electron chi connectivity index (χ3n) is 6.35. The van der Waals surface area contributed by atoms with Gasteiger partial charge in [-0.1, -0.05) is 31.4 Å². The van der Waals surface area contributed by atoms with Gasteiger partial charge in [-0.2, -0.15) is 0 Å². The molecule has 0 amide bonds. The highest BCUT2D eigenvalue weighted by Gasteiger charge is 2.40. The maximum atomic E-state index is 12.7.